The summed E-state index contributed by atoms with van der Waals surface area (Å²) >= 11 is 1.56. The molecule has 0 aliphatic heterocycles. The SMILES string of the molecule is CCNC(CS(=O)c1cccs1)c1ccc(CC)cc1. The van der Waals surface area contributed by atoms with Gasteiger partial charge < -0.3 is 5.32 Å². The Kier molecular flexibility index (Phi) is 5.95. The third-order valence-electron chi connectivity index (χ3n) is 3.28. The maximum Gasteiger partial charge on any atom is 0.0911 e. The lowest BCUT2D eigenvalue weighted by atomic mass is 10.1. The zero-order valence-corrected chi connectivity index (χ0v) is 13.6. The molecule has 0 amide bonds. The molecule has 0 aliphatic rings. The summed E-state index contributed by atoms with van der Waals surface area (Å²) in [4.78, 5) is 0. The van der Waals surface area contributed by atoms with E-state index in [-0.39, 0.29) is 6.04 Å². The number of rotatable bonds is 7. The first-order chi connectivity index (χ1) is 9.74. The molecular weight excluding hydrogens is 286 g/mol. The number of benzene rings is 1. The number of aryl methyl sites for hydroxylation is 1. The largest absolute Gasteiger partial charge is 0.309 e. The lowest BCUT2D eigenvalue weighted by molar-refractivity contribution is 0.594. The van der Waals surface area contributed by atoms with Crippen LogP contribution < -0.4 is 5.32 Å². The molecule has 1 aromatic heterocycles. The van der Waals surface area contributed by atoms with Gasteiger partial charge in [0.1, 0.15) is 0 Å². The molecule has 0 bridgehead atoms. The van der Waals surface area contributed by atoms with Crippen molar-refractivity contribution in [1.29, 1.82) is 0 Å². The topological polar surface area (TPSA) is 29.1 Å². The number of nitrogens with one attached hydrogen (secondary N) is 1. The molecule has 108 valence electrons. The molecule has 1 heterocycles. The standard InChI is InChI=1S/C16H21NOS2/c1-3-13-7-9-14(10-8-13)15(17-4-2)12-20(18)16-6-5-11-19-16/h5-11,15,17H,3-4,12H2,1-2H3. The molecule has 0 fully saturated rings. The average molecular weight is 307 g/mol. The Labute approximate surface area is 127 Å². The van der Waals surface area contributed by atoms with Gasteiger partial charge in [0.25, 0.3) is 0 Å². The zero-order valence-electron chi connectivity index (χ0n) is 12.0. The van der Waals surface area contributed by atoms with Crippen molar-refractivity contribution in [2.75, 3.05) is 12.3 Å². The summed E-state index contributed by atoms with van der Waals surface area (Å²) in [5, 5.41) is 5.42. The van der Waals surface area contributed by atoms with E-state index in [0.717, 1.165) is 17.2 Å². The predicted octanol–water partition coefficient (Wildman–Crippen LogP) is 3.77. The second-order valence-corrected chi connectivity index (χ2v) is 7.32. The number of hydrogen-bond acceptors (Lipinski definition) is 3. The lowest BCUT2D eigenvalue weighted by Crippen LogP contribution is -2.26. The molecule has 2 atom stereocenters. The molecule has 2 unspecified atom stereocenters. The van der Waals surface area contributed by atoms with Gasteiger partial charge in [0.2, 0.25) is 0 Å². The van der Waals surface area contributed by atoms with Crippen molar-refractivity contribution in [3.8, 4) is 0 Å². The summed E-state index contributed by atoms with van der Waals surface area (Å²) in [5.41, 5.74) is 2.55. The van der Waals surface area contributed by atoms with Gasteiger partial charge in [-0.1, -0.05) is 44.2 Å². The monoisotopic (exact) mass is 307 g/mol. The Morgan fingerprint density at radius 3 is 2.50 bits per heavy atom. The van der Waals surface area contributed by atoms with E-state index in [4.69, 9.17) is 0 Å². The van der Waals surface area contributed by atoms with Gasteiger partial charge >= 0.3 is 0 Å². The van der Waals surface area contributed by atoms with E-state index in [2.05, 4.69) is 43.4 Å². The molecule has 2 aromatic rings. The molecule has 0 radical (unpaired) electrons. The van der Waals surface area contributed by atoms with Crippen molar-refractivity contribution in [3.63, 3.8) is 0 Å². The second kappa shape index (κ2) is 7.72. The van der Waals surface area contributed by atoms with Crippen LogP contribution in [0.4, 0.5) is 0 Å². The van der Waals surface area contributed by atoms with Gasteiger partial charge in [-0.2, -0.15) is 0 Å². The summed E-state index contributed by atoms with van der Waals surface area (Å²) in [7, 11) is -0.935. The van der Waals surface area contributed by atoms with E-state index in [9.17, 15) is 4.21 Å². The molecule has 4 heteroatoms. The molecule has 20 heavy (non-hydrogen) atoms. The molecule has 0 aliphatic carbocycles. The van der Waals surface area contributed by atoms with Crippen molar-refractivity contribution >= 4 is 22.1 Å². The molecule has 0 saturated heterocycles. The van der Waals surface area contributed by atoms with Crippen LogP contribution in [0.15, 0.2) is 46.0 Å². The highest BCUT2D eigenvalue weighted by molar-refractivity contribution is 7.87. The second-order valence-electron chi connectivity index (χ2n) is 4.65. The Morgan fingerprint density at radius 1 is 1.20 bits per heavy atom. The summed E-state index contributed by atoms with van der Waals surface area (Å²) < 4.78 is 13.3. The maximum absolute atomic E-state index is 12.4. The van der Waals surface area contributed by atoms with Gasteiger partial charge in [0.15, 0.2) is 0 Å². The lowest BCUT2D eigenvalue weighted by Gasteiger charge is -2.18. The third kappa shape index (κ3) is 4.01. The van der Waals surface area contributed by atoms with E-state index in [0.29, 0.717) is 5.75 Å². The molecule has 1 N–H and O–H groups in total. The van der Waals surface area contributed by atoms with Gasteiger partial charge in [-0.15, -0.1) is 11.3 Å². The van der Waals surface area contributed by atoms with E-state index in [1.165, 1.54) is 11.1 Å². The van der Waals surface area contributed by atoms with Gasteiger partial charge in [-0.3, -0.25) is 4.21 Å². The van der Waals surface area contributed by atoms with Crippen molar-refractivity contribution in [2.24, 2.45) is 0 Å². The van der Waals surface area contributed by atoms with Crippen LogP contribution in [0.5, 0.6) is 0 Å². The van der Waals surface area contributed by atoms with Crippen LogP contribution in [-0.2, 0) is 17.2 Å². The van der Waals surface area contributed by atoms with Crippen molar-refractivity contribution < 1.29 is 4.21 Å². The minimum Gasteiger partial charge on any atom is -0.309 e. The fourth-order valence-corrected chi connectivity index (χ4v) is 4.39. The summed E-state index contributed by atoms with van der Waals surface area (Å²) in [6, 6.07) is 12.7. The first-order valence-electron chi connectivity index (χ1n) is 6.98. The Hall–Kier alpha value is -0.970. The molecule has 0 saturated carbocycles. The third-order valence-corrected chi connectivity index (χ3v) is 6.01. The molecule has 2 rings (SSSR count). The van der Waals surface area contributed by atoms with Gasteiger partial charge in [-0.25, -0.2) is 0 Å². The highest BCUT2D eigenvalue weighted by Crippen LogP contribution is 2.21. The first kappa shape index (κ1) is 15.4. The van der Waals surface area contributed by atoms with Crippen LogP contribution in [0.2, 0.25) is 0 Å². The first-order valence-corrected chi connectivity index (χ1v) is 9.18. The Bertz CT molecular complexity index is 534. The minimum atomic E-state index is -0.935. The average Bonchev–Trinajstić information content (AvgIpc) is 3.01. The fourth-order valence-electron chi connectivity index (χ4n) is 2.13. The quantitative estimate of drug-likeness (QED) is 0.843. The fraction of sp³-hybridized carbons (Fsp3) is 0.375. The van der Waals surface area contributed by atoms with E-state index in [1.807, 2.05) is 17.5 Å². The van der Waals surface area contributed by atoms with Crippen LogP contribution in [0, 0.1) is 0 Å². The van der Waals surface area contributed by atoms with Gasteiger partial charge in [0, 0.05) is 11.8 Å². The van der Waals surface area contributed by atoms with Gasteiger partial charge in [-0.05, 0) is 35.5 Å². The molecule has 1 aromatic carbocycles. The molecule has 2 nitrogen and oxygen atoms in total. The Balaban J connectivity index is 2.11. The van der Waals surface area contributed by atoms with Crippen molar-refractivity contribution in [2.45, 2.75) is 30.5 Å². The summed E-state index contributed by atoms with van der Waals surface area (Å²) in [5.74, 6) is 0.625. The smallest absolute Gasteiger partial charge is 0.0911 e. The highest BCUT2D eigenvalue weighted by atomic mass is 32.2. The van der Waals surface area contributed by atoms with E-state index in [1.54, 1.807) is 11.3 Å². The highest BCUT2D eigenvalue weighted by Gasteiger charge is 2.15. The minimum absolute atomic E-state index is 0.147. The van der Waals surface area contributed by atoms with Crippen LogP contribution in [0.3, 0.4) is 0 Å². The van der Waals surface area contributed by atoms with Gasteiger partial charge in [0.05, 0.1) is 15.0 Å². The van der Waals surface area contributed by atoms with Crippen LogP contribution >= 0.6 is 11.3 Å². The normalized spacial score (nSPS) is 14.1. The van der Waals surface area contributed by atoms with Crippen molar-refractivity contribution in [3.05, 3.63) is 52.9 Å². The summed E-state index contributed by atoms with van der Waals surface area (Å²) in [6.07, 6.45) is 1.05. The summed E-state index contributed by atoms with van der Waals surface area (Å²) in [6.45, 7) is 5.12. The number of thiophene rings is 1. The van der Waals surface area contributed by atoms with Crippen LogP contribution in [0.1, 0.15) is 31.0 Å². The molecular formula is C16H21NOS2. The Morgan fingerprint density at radius 2 is 1.95 bits per heavy atom. The van der Waals surface area contributed by atoms with Crippen LogP contribution in [0.25, 0.3) is 0 Å². The van der Waals surface area contributed by atoms with E-state index < -0.39 is 10.8 Å². The van der Waals surface area contributed by atoms with Crippen LogP contribution in [-0.4, -0.2) is 16.5 Å². The molecule has 0 spiro atoms. The van der Waals surface area contributed by atoms with E-state index >= 15 is 0 Å². The number of hydrogen-bond donors (Lipinski definition) is 1. The maximum atomic E-state index is 12.4. The predicted molar refractivity (Wildman–Crippen MR) is 87.8 cm³/mol. The van der Waals surface area contributed by atoms with Crippen molar-refractivity contribution in [1.82, 2.24) is 5.32 Å². The zero-order chi connectivity index (χ0) is 14.4.